The van der Waals surface area contributed by atoms with Gasteiger partial charge in [-0.15, -0.1) is 0 Å². The number of rotatable bonds is 4. The number of anilines is 1. The molecule has 24 heavy (non-hydrogen) atoms. The molecule has 2 aromatic carbocycles. The van der Waals surface area contributed by atoms with Gasteiger partial charge in [-0.25, -0.2) is 4.79 Å². The lowest BCUT2D eigenvalue weighted by Gasteiger charge is -2.34. The largest absolute Gasteiger partial charge is 0.444 e. The topological polar surface area (TPSA) is 29.5 Å². The predicted octanol–water partition coefficient (Wildman–Crippen LogP) is 5.77. The van der Waals surface area contributed by atoms with Crippen molar-refractivity contribution in [2.45, 2.75) is 44.8 Å². The van der Waals surface area contributed by atoms with Gasteiger partial charge in [-0.1, -0.05) is 61.7 Å². The molecule has 0 N–H and O–H groups in total. The van der Waals surface area contributed by atoms with Crippen LogP contribution in [0.25, 0.3) is 0 Å². The summed E-state index contributed by atoms with van der Waals surface area (Å²) in [6.07, 6.45) is 5.47. The Morgan fingerprint density at radius 3 is 2.38 bits per heavy atom. The highest BCUT2D eigenvalue weighted by atomic mass is 127. The fraction of sp³-hybridized carbons (Fsp3) is 0.350. The van der Waals surface area contributed by atoms with E-state index in [9.17, 15) is 4.79 Å². The number of amides is 1. The molecular weight excluding hydrogens is 413 g/mol. The van der Waals surface area contributed by atoms with Crippen molar-refractivity contribution < 1.29 is 9.53 Å². The Morgan fingerprint density at radius 2 is 1.67 bits per heavy atom. The number of para-hydroxylation sites is 1. The molecule has 1 aliphatic carbocycles. The van der Waals surface area contributed by atoms with E-state index in [4.69, 9.17) is 4.74 Å². The van der Waals surface area contributed by atoms with Crippen LogP contribution in [0.1, 0.15) is 37.7 Å². The Morgan fingerprint density at radius 1 is 1.00 bits per heavy atom. The normalized spacial score (nSPS) is 15.0. The SMILES string of the molecule is O=C(OCc1ccccc1)N(c1ccccc1I)C1CCCCC1. The van der Waals surface area contributed by atoms with Crippen molar-refractivity contribution in [3.8, 4) is 0 Å². The number of benzene rings is 2. The van der Waals surface area contributed by atoms with Gasteiger partial charge in [0, 0.05) is 9.61 Å². The van der Waals surface area contributed by atoms with Crippen molar-refractivity contribution in [3.63, 3.8) is 0 Å². The summed E-state index contributed by atoms with van der Waals surface area (Å²) in [6.45, 7) is 0.312. The molecule has 1 aliphatic rings. The molecule has 3 rings (SSSR count). The zero-order valence-electron chi connectivity index (χ0n) is 13.7. The van der Waals surface area contributed by atoms with E-state index in [0.717, 1.165) is 27.7 Å². The molecule has 2 aromatic rings. The van der Waals surface area contributed by atoms with Crippen LogP contribution in [-0.2, 0) is 11.3 Å². The molecule has 1 fully saturated rings. The summed E-state index contributed by atoms with van der Waals surface area (Å²) in [7, 11) is 0. The molecule has 0 spiro atoms. The second-order valence-electron chi connectivity index (χ2n) is 6.15. The summed E-state index contributed by atoms with van der Waals surface area (Å²) >= 11 is 2.30. The van der Waals surface area contributed by atoms with E-state index < -0.39 is 0 Å². The first-order valence-electron chi connectivity index (χ1n) is 8.50. The zero-order chi connectivity index (χ0) is 16.8. The molecule has 0 saturated heterocycles. The third-order valence-corrected chi connectivity index (χ3v) is 5.37. The van der Waals surface area contributed by atoms with Gasteiger partial charge in [-0.3, -0.25) is 4.90 Å². The smallest absolute Gasteiger partial charge is 0.414 e. The van der Waals surface area contributed by atoms with E-state index in [0.29, 0.717) is 6.61 Å². The maximum absolute atomic E-state index is 12.9. The Kier molecular flexibility index (Phi) is 6.12. The van der Waals surface area contributed by atoms with Gasteiger partial charge in [0.05, 0.1) is 5.69 Å². The Balaban J connectivity index is 1.78. The lowest BCUT2D eigenvalue weighted by Crippen LogP contribution is -2.42. The molecule has 0 unspecified atom stereocenters. The fourth-order valence-corrected chi connectivity index (χ4v) is 3.87. The molecule has 0 aliphatic heterocycles. The van der Waals surface area contributed by atoms with Crippen LogP contribution in [0.4, 0.5) is 10.5 Å². The van der Waals surface area contributed by atoms with Crippen LogP contribution < -0.4 is 4.90 Å². The molecule has 0 radical (unpaired) electrons. The van der Waals surface area contributed by atoms with Gasteiger partial charge < -0.3 is 4.74 Å². The first kappa shape index (κ1) is 17.3. The molecule has 126 valence electrons. The summed E-state index contributed by atoms with van der Waals surface area (Å²) in [6, 6.07) is 18.1. The molecule has 0 bridgehead atoms. The fourth-order valence-electron chi connectivity index (χ4n) is 3.22. The van der Waals surface area contributed by atoms with E-state index in [1.165, 1.54) is 19.3 Å². The van der Waals surface area contributed by atoms with Crippen LogP contribution in [0.3, 0.4) is 0 Å². The number of halogens is 1. The summed E-state index contributed by atoms with van der Waals surface area (Å²) in [5, 5.41) is 0. The van der Waals surface area contributed by atoms with E-state index in [2.05, 4.69) is 22.6 Å². The Labute approximate surface area is 157 Å². The van der Waals surface area contributed by atoms with Gasteiger partial charge in [0.25, 0.3) is 0 Å². The molecule has 3 nitrogen and oxygen atoms in total. The van der Waals surface area contributed by atoms with Gasteiger partial charge in [-0.05, 0) is 53.1 Å². The minimum absolute atomic E-state index is 0.234. The maximum Gasteiger partial charge on any atom is 0.414 e. The average molecular weight is 435 g/mol. The number of nitrogens with zero attached hydrogens (tertiary/aromatic N) is 1. The third-order valence-electron chi connectivity index (χ3n) is 4.45. The van der Waals surface area contributed by atoms with Gasteiger partial charge in [0.15, 0.2) is 0 Å². The highest BCUT2D eigenvalue weighted by Crippen LogP contribution is 2.31. The first-order valence-corrected chi connectivity index (χ1v) is 9.58. The minimum Gasteiger partial charge on any atom is -0.444 e. The van der Waals surface area contributed by atoms with Gasteiger partial charge in [-0.2, -0.15) is 0 Å². The third kappa shape index (κ3) is 4.29. The second kappa shape index (κ2) is 8.51. The molecule has 1 amide bonds. The highest BCUT2D eigenvalue weighted by Gasteiger charge is 2.29. The lowest BCUT2D eigenvalue weighted by molar-refractivity contribution is 0.142. The van der Waals surface area contributed by atoms with Crippen LogP contribution in [0, 0.1) is 3.57 Å². The quantitative estimate of drug-likeness (QED) is 0.571. The van der Waals surface area contributed by atoms with E-state index in [-0.39, 0.29) is 12.1 Å². The van der Waals surface area contributed by atoms with Crippen molar-refractivity contribution in [2.75, 3.05) is 4.90 Å². The molecule has 1 saturated carbocycles. The number of hydrogen-bond acceptors (Lipinski definition) is 2. The monoisotopic (exact) mass is 435 g/mol. The molecule has 4 heteroatoms. The van der Waals surface area contributed by atoms with E-state index >= 15 is 0 Å². The Hall–Kier alpha value is -1.56. The van der Waals surface area contributed by atoms with Crippen LogP contribution in [0.5, 0.6) is 0 Å². The average Bonchev–Trinajstić information content (AvgIpc) is 2.64. The highest BCUT2D eigenvalue weighted by molar-refractivity contribution is 14.1. The Bertz CT molecular complexity index is 668. The molecule has 0 atom stereocenters. The lowest BCUT2D eigenvalue weighted by atomic mass is 9.94. The van der Waals surface area contributed by atoms with E-state index in [1.54, 1.807) is 0 Å². The molecular formula is C20H22INO2. The van der Waals surface area contributed by atoms with Crippen LogP contribution in [-0.4, -0.2) is 12.1 Å². The summed E-state index contributed by atoms with van der Waals surface area (Å²) in [5.41, 5.74) is 1.97. The van der Waals surface area contributed by atoms with Crippen LogP contribution in [0.2, 0.25) is 0 Å². The second-order valence-corrected chi connectivity index (χ2v) is 7.32. The van der Waals surface area contributed by atoms with Crippen molar-refractivity contribution in [1.82, 2.24) is 0 Å². The van der Waals surface area contributed by atoms with Gasteiger partial charge in [0.2, 0.25) is 0 Å². The predicted molar refractivity (Wildman–Crippen MR) is 105 cm³/mol. The van der Waals surface area contributed by atoms with Crippen LogP contribution >= 0.6 is 22.6 Å². The maximum atomic E-state index is 12.9. The summed E-state index contributed by atoms with van der Waals surface area (Å²) in [4.78, 5) is 14.7. The standard InChI is InChI=1S/C20H22INO2/c21-18-13-7-8-14-19(18)22(17-11-5-2-6-12-17)20(23)24-15-16-9-3-1-4-10-16/h1,3-4,7-10,13-14,17H,2,5-6,11-12,15H2. The molecule has 0 heterocycles. The van der Waals surface area contributed by atoms with Crippen molar-refractivity contribution >= 4 is 34.4 Å². The van der Waals surface area contributed by atoms with Gasteiger partial charge >= 0.3 is 6.09 Å². The number of hydrogen-bond donors (Lipinski definition) is 0. The van der Waals surface area contributed by atoms with E-state index in [1.807, 2.05) is 59.5 Å². The van der Waals surface area contributed by atoms with Crippen molar-refractivity contribution in [3.05, 3.63) is 63.7 Å². The first-order chi connectivity index (χ1) is 11.8. The molecule has 0 aromatic heterocycles. The van der Waals surface area contributed by atoms with Gasteiger partial charge in [0.1, 0.15) is 6.61 Å². The van der Waals surface area contributed by atoms with Crippen molar-refractivity contribution in [2.24, 2.45) is 0 Å². The van der Waals surface area contributed by atoms with Crippen molar-refractivity contribution in [1.29, 1.82) is 0 Å². The number of carbonyl (C=O) groups is 1. The minimum atomic E-state index is -0.241. The number of ether oxygens (including phenoxy) is 1. The zero-order valence-corrected chi connectivity index (χ0v) is 15.8. The number of carbonyl (C=O) groups excluding carboxylic acids is 1. The van der Waals surface area contributed by atoms with Crippen LogP contribution in [0.15, 0.2) is 54.6 Å². The summed E-state index contributed by atoms with van der Waals surface area (Å²) < 4.78 is 6.72. The summed E-state index contributed by atoms with van der Waals surface area (Å²) in [5.74, 6) is 0.